The van der Waals surface area contributed by atoms with Gasteiger partial charge >= 0.3 is 0 Å². The summed E-state index contributed by atoms with van der Waals surface area (Å²) in [5.74, 6) is 0.970. The van der Waals surface area contributed by atoms with Gasteiger partial charge in [0, 0.05) is 16.1 Å². The van der Waals surface area contributed by atoms with Crippen molar-refractivity contribution in [1.82, 2.24) is 0 Å². The summed E-state index contributed by atoms with van der Waals surface area (Å²) in [5, 5.41) is 19.6. The Morgan fingerprint density at radius 1 is 1.10 bits per heavy atom. The first kappa shape index (κ1) is 22.2. The van der Waals surface area contributed by atoms with Crippen LogP contribution in [0.15, 0.2) is 70.5 Å². The molecule has 3 aromatic rings. The van der Waals surface area contributed by atoms with Gasteiger partial charge in [0.15, 0.2) is 0 Å². The second-order valence-electron chi connectivity index (χ2n) is 6.88. The van der Waals surface area contributed by atoms with Gasteiger partial charge in [0.25, 0.3) is 0 Å². The Labute approximate surface area is 215 Å². The number of nitrogens with zero attached hydrogens (tertiary/aromatic N) is 1. The van der Waals surface area contributed by atoms with Gasteiger partial charge < -0.3 is 20.3 Å². The molecule has 3 aromatic carbocycles. The van der Waals surface area contributed by atoms with Crippen LogP contribution in [0.25, 0.3) is 0 Å². The minimum Gasteiger partial charge on any atom is -0.508 e. The molecule has 1 aliphatic rings. The zero-order chi connectivity index (χ0) is 22.1. The molecule has 0 unspecified atom stereocenters. The van der Waals surface area contributed by atoms with Crippen molar-refractivity contribution in [3.63, 3.8) is 0 Å². The molecule has 0 saturated heterocycles. The normalized spacial score (nSPS) is 15.1. The Kier molecular flexibility index (Phi) is 6.64. The van der Waals surface area contributed by atoms with E-state index in [-0.39, 0.29) is 11.6 Å². The highest BCUT2D eigenvalue weighted by molar-refractivity contribution is 14.1. The van der Waals surface area contributed by atoms with E-state index in [4.69, 9.17) is 15.2 Å². The number of fused-ring (bicyclic) bond motifs is 1. The predicted molar refractivity (Wildman–Crippen MR) is 138 cm³/mol. The van der Waals surface area contributed by atoms with Crippen LogP contribution >= 0.6 is 61.1 Å². The van der Waals surface area contributed by atoms with E-state index in [9.17, 15) is 10.4 Å². The van der Waals surface area contributed by atoms with E-state index in [0.717, 1.165) is 34.1 Å². The first-order valence-electron chi connectivity index (χ1n) is 9.14. The first-order chi connectivity index (χ1) is 14.9. The summed E-state index contributed by atoms with van der Waals surface area (Å²) in [6.45, 7) is 0.453. The van der Waals surface area contributed by atoms with Gasteiger partial charge in [0.2, 0.25) is 5.88 Å². The van der Waals surface area contributed by atoms with E-state index in [2.05, 4.69) is 67.2 Å². The van der Waals surface area contributed by atoms with Crippen molar-refractivity contribution in [2.24, 2.45) is 5.73 Å². The number of phenolic OH excluding ortho intramolecular Hbond substituents is 1. The molecule has 0 bridgehead atoms. The molecule has 0 saturated carbocycles. The van der Waals surface area contributed by atoms with Crippen LogP contribution in [-0.2, 0) is 6.61 Å². The van der Waals surface area contributed by atoms with Crippen molar-refractivity contribution < 1.29 is 14.6 Å². The molecule has 0 fully saturated rings. The molecule has 3 N–H and O–H groups in total. The molecule has 1 atom stereocenters. The summed E-state index contributed by atoms with van der Waals surface area (Å²) < 4.78 is 14.6. The van der Waals surface area contributed by atoms with Crippen molar-refractivity contribution >= 4 is 61.1 Å². The smallest absolute Gasteiger partial charge is 0.205 e. The Bertz CT molecular complexity index is 1210. The summed E-state index contributed by atoms with van der Waals surface area (Å²) in [5.41, 5.74) is 9.12. The van der Waals surface area contributed by atoms with Gasteiger partial charge in [-0.05, 0) is 86.6 Å². The van der Waals surface area contributed by atoms with E-state index in [1.54, 1.807) is 12.1 Å². The van der Waals surface area contributed by atoms with E-state index in [1.165, 1.54) is 6.07 Å². The second-order valence-corrected chi connectivity index (χ2v) is 10.1. The fourth-order valence-corrected chi connectivity index (χ4v) is 5.80. The first-order valence-corrected chi connectivity index (χ1v) is 12.1. The minimum absolute atomic E-state index is 0.0474. The number of nitriles is 1. The Hall–Kier alpha value is -1.97. The minimum atomic E-state index is -0.392. The van der Waals surface area contributed by atoms with Gasteiger partial charge in [-0.1, -0.05) is 34.1 Å². The van der Waals surface area contributed by atoms with E-state index in [1.807, 2.05) is 36.4 Å². The van der Waals surface area contributed by atoms with E-state index < -0.39 is 5.92 Å². The molecule has 0 radical (unpaired) electrons. The summed E-state index contributed by atoms with van der Waals surface area (Å²) in [6.07, 6.45) is 0. The summed E-state index contributed by atoms with van der Waals surface area (Å²) in [7, 11) is 0. The molecular formula is C23H15BrI2N2O3. The van der Waals surface area contributed by atoms with Crippen LogP contribution in [0.3, 0.4) is 0 Å². The van der Waals surface area contributed by atoms with Gasteiger partial charge in [0.05, 0.1) is 13.1 Å². The molecule has 156 valence electrons. The van der Waals surface area contributed by atoms with Crippen molar-refractivity contribution in [2.45, 2.75) is 12.5 Å². The van der Waals surface area contributed by atoms with Gasteiger partial charge in [-0.25, -0.2) is 0 Å². The third-order valence-electron chi connectivity index (χ3n) is 4.85. The Balaban J connectivity index is 1.70. The van der Waals surface area contributed by atoms with Crippen LogP contribution in [0.1, 0.15) is 22.6 Å². The molecular weight excluding hydrogens is 686 g/mol. The number of aromatic hydroxyl groups is 1. The van der Waals surface area contributed by atoms with Crippen molar-refractivity contribution in [1.29, 1.82) is 5.26 Å². The van der Waals surface area contributed by atoms with Crippen LogP contribution in [0.4, 0.5) is 0 Å². The third kappa shape index (κ3) is 4.63. The lowest BCUT2D eigenvalue weighted by Crippen LogP contribution is -2.21. The number of hydrogen-bond acceptors (Lipinski definition) is 5. The fraction of sp³-hybridized carbons (Fsp3) is 0.0870. The standard InChI is InChI=1S/C23H15BrI2N2O3/c24-14-3-1-12(2-4-14)11-30-22-18(25)7-13(8-19(22)26)21-16-6-5-15(29)9-20(16)31-23(28)17(21)10-27/h1-9,21,29H,11,28H2/t21-/m0/s1. The highest BCUT2D eigenvalue weighted by Crippen LogP contribution is 2.45. The number of nitrogens with two attached hydrogens (primary N) is 1. The maximum absolute atomic E-state index is 9.82. The van der Waals surface area contributed by atoms with Crippen LogP contribution in [0, 0.1) is 18.5 Å². The maximum Gasteiger partial charge on any atom is 0.205 e. The van der Waals surface area contributed by atoms with Gasteiger partial charge in [-0.2, -0.15) is 5.26 Å². The second kappa shape index (κ2) is 9.26. The van der Waals surface area contributed by atoms with Crippen molar-refractivity contribution in [3.8, 4) is 23.3 Å². The molecule has 5 nitrogen and oxygen atoms in total. The number of ether oxygens (including phenoxy) is 2. The number of halogens is 3. The Morgan fingerprint density at radius 3 is 2.42 bits per heavy atom. The number of benzene rings is 3. The highest BCUT2D eigenvalue weighted by Gasteiger charge is 2.31. The third-order valence-corrected chi connectivity index (χ3v) is 6.98. The molecule has 4 rings (SSSR count). The molecule has 1 heterocycles. The number of rotatable bonds is 4. The van der Waals surface area contributed by atoms with E-state index in [0.29, 0.717) is 17.9 Å². The molecule has 0 amide bonds. The highest BCUT2D eigenvalue weighted by atomic mass is 127. The number of phenols is 1. The van der Waals surface area contributed by atoms with Crippen LogP contribution < -0.4 is 15.2 Å². The summed E-state index contributed by atoms with van der Waals surface area (Å²) in [6, 6.07) is 19.0. The van der Waals surface area contributed by atoms with Gasteiger partial charge in [-0.3, -0.25) is 0 Å². The lowest BCUT2D eigenvalue weighted by molar-refractivity contribution is 0.301. The molecule has 1 aliphatic heterocycles. The molecule has 0 spiro atoms. The zero-order valence-electron chi connectivity index (χ0n) is 15.9. The van der Waals surface area contributed by atoms with Gasteiger partial charge in [-0.15, -0.1) is 0 Å². The van der Waals surface area contributed by atoms with E-state index >= 15 is 0 Å². The zero-order valence-corrected chi connectivity index (χ0v) is 21.8. The summed E-state index contributed by atoms with van der Waals surface area (Å²) >= 11 is 7.93. The maximum atomic E-state index is 9.82. The van der Waals surface area contributed by atoms with Crippen LogP contribution in [0.2, 0.25) is 0 Å². The number of hydrogen-bond donors (Lipinski definition) is 2. The van der Waals surface area contributed by atoms with Crippen LogP contribution in [-0.4, -0.2) is 5.11 Å². The Morgan fingerprint density at radius 2 is 1.77 bits per heavy atom. The predicted octanol–water partition coefficient (Wildman–Crippen LogP) is 6.16. The molecule has 31 heavy (non-hydrogen) atoms. The monoisotopic (exact) mass is 700 g/mol. The fourth-order valence-electron chi connectivity index (χ4n) is 3.41. The quantitative estimate of drug-likeness (QED) is 0.319. The summed E-state index contributed by atoms with van der Waals surface area (Å²) in [4.78, 5) is 0. The average molecular weight is 701 g/mol. The molecule has 0 aromatic heterocycles. The van der Waals surface area contributed by atoms with Crippen LogP contribution in [0.5, 0.6) is 17.2 Å². The lowest BCUT2D eigenvalue weighted by Gasteiger charge is -2.27. The lowest BCUT2D eigenvalue weighted by atomic mass is 9.83. The SMILES string of the molecule is N#CC1=C(N)Oc2cc(O)ccc2[C@@H]1c1cc(I)c(OCc2ccc(Br)cc2)c(I)c1. The molecule has 0 aliphatic carbocycles. The van der Waals surface area contributed by atoms with Crippen molar-refractivity contribution in [2.75, 3.05) is 0 Å². The number of allylic oxidation sites excluding steroid dienone is 1. The topological polar surface area (TPSA) is 88.5 Å². The largest absolute Gasteiger partial charge is 0.508 e. The molecule has 8 heteroatoms. The average Bonchev–Trinajstić information content (AvgIpc) is 2.73. The van der Waals surface area contributed by atoms with Gasteiger partial charge in [0.1, 0.15) is 35.5 Å². The van der Waals surface area contributed by atoms with Crippen molar-refractivity contribution in [3.05, 3.63) is 94.4 Å².